The predicted octanol–water partition coefficient (Wildman–Crippen LogP) is 3.55. The SMILES string of the molecule is O=C1/C(=C/c2ccc(O)cc2O)SC(=S)N1c1ccc(Cl)cn1. The molecule has 0 unspecified atom stereocenters. The van der Waals surface area contributed by atoms with Gasteiger partial charge in [-0.2, -0.15) is 0 Å². The molecular formula is C15H9ClN2O3S2. The molecule has 2 N–H and O–H groups in total. The molecular weight excluding hydrogens is 356 g/mol. The number of pyridine rings is 1. The largest absolute Gasteiger partial charge is 0.508 e. The zero-order valence-corrected chi connectivity index (χ0v) is 13.8. The van der Waals surface area contributed by atoms with Crippen LogP contribution in [-0.2, 0) is 4.79 Å². The third-order valence-corrected chi connectivity index (χ3v) is 4.56. The van der Waals surface area contributed by atoms with E-state index < -0.39 is 0 Å². The second-order valence-corrected chi connectivity index (χ2v) is 6.71. The van der Waals surface area contributed by atoms with Gasteiger partial charge in [-0.3, -0.25) is 4.79 Å². The molecule has 1 aliphatic rings. The molecule has 116 valence electrons. The lowest BCUT2D eigenvalue weighted by atomic mass is 10.1. The fraction of sp³-hybridized carbons (Fsp3) is 0. The lowest BCUT2D eigenvalue weighted by Gasteiger charge is -2.12. The highest BCUT2D eigenvalue weighted by atomic mass is 35.5. The van der Waals surface area contributed by atoms with Crippen LogP contribution in [0.15, 0.2) is 41.4 Å². The number of carbonyl (C=O) groups excluding carboxylic acids is 1. The maximum atomic E-state index is 12.5. The van der Waals surface area contributed by atoms with Crippen LogP contribution in [0.25, 0.3) is 6.08 Å². The number of hydrogen-bond donors (Lipinski definition) is 2. The molecule has 1 fully saturated rings. The lowest BCUT2D eigenvalue weighted by Crippen LogP contribution is -2.28. The summed E-state index contributed by atoms with van der Waals surface area (Å²) in [5.41, 5.74) is 0.410. The molecule has 1 saturated heterocycles. The summed E-state index contributed by atoms with van der Waals surface area (Å²) >= 11 is 12.1. The quantitative estimate of drug-likeness (QED) is 0.627. The number of nitrogens with zero attached hydrogens (tertiary/aromatic N) is 2. The third kappa shape index (κ3) is 3.17. The Bertz CT molecular complexity index is 837. The van der Waals surface area contributed by atoms with Crippen molar-refractivity contribution in [1.29, 1.82) is 0 Å². The average Bonchev–Trinajstić information content (AvgIpc) is 2.78. The van der Waals surface area contributed by atoms with Crippen LogP contribution >= 0.6 is 35.6 Å². The standard InChI is InChI=1S/C15H9ClN2O3S2/c16-9-2-4-13(17-7-9)18-14(21)12(23-15(18)22)5-8-1-3-10(19)6-11(8)20/h1-7,19-20H/b12-5-. The van der Waals surface area contributed by atoms with E-state index in [-0.39, 0.29) is 17.4 Å². The van der Waals surface area contributed by atoms with Crippen molar-refractivity contribution < 1.29 is 15.0 Å². The van der Waals surface area contributed by atoms with E-state index >= 15 is 0 Å². The Morgan fingerprint density at radius 2 is 2.04 bits per heavy atom. The molecule has 1 amide bonds. The molecule has 0 bridgehead atoms. The van der Waals surface area contributed by atoms with Crippen LogP contribution in [-0.4, -0.2) is 25.4 Å². The number of carbonyl (C=O) groups is 1. The number of phenolic OH excluding ortho intramolecular Hbond substituents is 2. The van der Waals surface area contributed by atoms with Gasteiger partial charge in [0.1, 0.15) is 17.3 Å². The predicted molar refractivity (Wildman–Crippen MR) is 94.7 cm³/mol. The van der Waals surface area contributed by atoms with Crippen LogP contribution in [0, 0.1) is 0 Å². The van der Waals surface area contributed by atoms with Crippen molar-refractivity contribution in [1.82, 2.24) is 4.98 Å². The van der Waals surface area contributed by atoms with E-state index in [1.54, 1.807) is 12.1 Å². The van der Waals surface area contributed by atoms with Crippen molar-refractivity contribution >= 4 is 57.7 Å². The number of anilines is 1. The molecule has 23 heavy (non-hydrogen) atoms. The monoisotopic (exact) mass is 364 g/mol. The minimum atomic E-state index is -0.331. The number of thiocarbonyl (C=S) groups is 1. The van der Waals surface area contributed by atoms with Gasteiger partial charge in [0, 0.05) is 17.8 Å². The van der Waals surface area contributed by atoms with E-state index in [2.05, 4.69) is 4.98 Å². The molecule has 0 aliphatic carbocycles. The molecule has 2 aromatic rings. The second-order valence-electron chi connectivity index (χ2n) is 4.59. The van der Waals surface area contributed by atoms with Gasteiger partial charge in [-0.05, 0) is 30.3 Å². The van der Waals surface area contributed by atoms with Gasteiger partial charge in [-0.1, -0.05) is 35.6 Å². The van der Waals surface area contributed by atoms with Crippen molar-refractivity contribution in [2.24, 2.45) is 0 Å². The Morgan fingerprint density at radius 1 is 1.26 bits per heavy atom. The van der Waals surface area contributed by atoms with Gasteiger partial charge in [0.05, 0.1) is 9.93 Å². The summed E-state index contributed by atoms with van der Waals surface area (Å²) in [6.07, 6.45) is 2.95. The van der Waals surface area contributed by atoms with Crippen LogP contribution in [0.4, 0.5) is 5.82 Å². The zero-order valence-electron chi connectivity index (χ0n) is 11.4. The maximum Gasteiger partial charge on any atom is 0.271 e. The van der Waals surface area contributed by atoms with Crippen molar-refractivity contribution in [3.05, 3.63) is 52.0 Å². The summed E-state index contributed by atoms with van der Waals surface area (Å²) in [7, 11) is 0. The highest BCUT2D eigenvalue weighted by Gasteiger charge is 2.34. The van der Waals surface area contributed by atoms with Gasteiger partial charge in [0.15, 0.2) is 4.32 Å². The molecule has 1 aromatic heterocycles. The van der Waals surface area contributed by atoms with Crippen LogP contribution in [0.5, 0.6) is 11.5 Å². The summed E-state index contributed by atoms with van der Waals surface area (Å²) in [6, 6.07) is 7.37. The normalized spacial score (nSPS) is 16.4. The Hall–Kier alpha value is -2.09. The molecule has 0 atom stereocenters. The molecule has 0 radical (unpaired) electrons. The van der Waals surface area contributed by atoms with Crippen LogP contribution in [0.3, 0.4) is 0 Å². The molecule has 5 nitrogen and oxygen atoms in total. The Morgan fingerprint density at radius 3 is 2.70 bits per heavy atom. The molecule has 1 aliphatic heterocycles. The van der Waals surface area contributed by atoms with Crippen molar-refractivity contribution in [2.45, 2.75) is 0 Å². The highest BCUT2D eigenvalue weighted by molar-refractivity contribution is 8.27. The second kappa shape index (κ2) is 6.19. The van der Waals surface area contributed by atoms with Gasteiger partial charge in [-0.25, -0.2) is 9.88 Å². The molecule has 2 heterocycles. The van der Waals surface area contributed by atoms with Crippen molar-refractivity contribution in [2.75, 3.05) is 4.90 Å². The number of phenols is 2. The van der Waals surface area contributed by atoms with Crippen LogP contribution < -0.4 is 4.90 Å². The molecule has 1 aromatic carbocycles. The van der Waals surface area contributed by atoms with E-state index in [0.717, 1.165) is 11.8 Å². The Balaban J connectivity index is 1.94. The maximum absolute atomic E-state index is 12.5. The summed E-state index contributed by atoms with van der Waals surface area (Å²) in [5.74, 6) is -0.130. The first-order valence-corrected chi connectivity index (χ1v) is 7.97. The molecule has 3 rings (SSSR count). The Kier molecular flexibility index (Phi) is 4.25. The van der Waals surface area contributed by atoms with Crippen LogP contribution in [0.1, 0.15) is 5.56 Å². The third-order valence-electron chi connectivity index (χ3n) is 3.04. The number of aromatic nitrogens is 1. The van der Waals surface area contributed by atoms with E-state index in [9.17, 15) is 15.0 Å². The fourth-order valence-corrected chi connectivity index (χ4v) is 3.34. The topological polar surface area (TPSA) is 73.7 Å². The summed E-state index contributed by atoms with van der Waals surface area (Å²) < 4.78 is 0.342. The number of hydrogen-bond acceptors (Lipinski definition) is 6. The number of halogens is 1. The van der Waals surface area contributed by atoms with E-state index in [0.29, 0.717) is 25.6 Å². The molecule has 8 heteroatoms. The number of rotatable bonds is 2. The fourth-order valence-electron chi connectivity index (χ4n) is 1.96. The highest BCUT2D eigenvalue weighted by Crippen LogP contribution is 2.36. The summed E-state index contributed by atoms with van der Waals surface area (Å²) in [4.78, 5) is 18.3. The van der Waals surface area contributed by atoms with E-state index in [4.69, 9.17) is 23.8 Å². The van der Waals surface area contributed by atoms with Gasteiger partial charge in [-0.15, -0.1) is 0 Å². The van der Waals surface area contributed by atoms with Gasteiger partial charge >= 0.3 is 0 Å². The van der Waals surface area contributed by atoms with E-state index in [1.165, 1.54) is 35.4 Å². The van der Waals surface area contributed by atoms with Gasteiger partial charge in [0.25, 0.3) is 5.91 Å². The lowest BCUT2D eigenvalue weighted by molar-refractivity contribution is -0.113. The first-order chi connectivity index (χ1) is 11.0. The van der Waals surface area contributed by atoms with Gasteiger partial charge in [0.2, 0.25) is 0 Å². The first-order valence-electron chi connectivity index (χ1n) is 6.37. The van der Waals surface area contributed by atoms with Crippen molar-refractivity contribution in [3.63, 3.8) is 0 Å². The average molecular weight is 365 g/mol. The molecule has 0 spiro atoms. The summed E-state index contributed by atoms with van der Waals surface area (Å²) in [5, 5.41) is 19.6. The van der Waals surface area contributed by atoms with Gasteiger partial charge < -0.3 is 10.2 Å². The number of amides is 1. The number of aromatic hydroxyl groups is 2. The smallest absolute Gasteiger partial charge is 0.271 e. The summed E-state index contributed by atoms with van der Waals surface area (Å²) in [6.45, 7) is 0. The molecule has 0 saturated carbocycles. The minimum absolute atomic E-state index is 0.0578. The first kappa shape index (κ1) is 15.8. The number of thioether (sulfide) groups is 1. The van der Waals surface area contributed by atoms with Crippen molar-refractivity contribution in [3.8, 4) is 11.5 Å². The number of benzene rings is 1. The Labute approximate surface area is 146 Å². The van der Waals surface area contributed by atoms with E-state index in [1.807, 2.05) is 0 Å². The minimum Gasteiger partial charge on any atom is -0.508 e. The zero-order chi connectivity index (χ0) is 16.6. The van der Waals surface area contributed by atoms with Crippen LogP contribution in [0.2, 0.25) is 5.02 Å².